The van der Waals surface area contributed by atoms with Crippen LogP contribution in [0.3, 0.4) is 0 Å². The van der Waals surface area contributed by atoms with E-state index in [1.165, 1.54) is 12.2 Å². The predicted octanol–water partition coefficient (Wildman–Crippen LogP) is 0.878. The third kappa shape index (κ3) is 2.09. The van der Waals surface area contributed by atoms with Crippen molar-refractivity contribution in [3.8, 4) is 0 Å². The Morgan fingerprint density at radius 2 is 2.29 bits per heavy atom. The number of nitrogens with zero attached hydrogens (tertiary/aromatic N) is 1. The summed E-state index contributed by atoms with van der Waals surface area (Å²) in [6.45, 7) is 0. The van der Waals surface area contributed by atoms with Crippen molar-refractivity contribution in [1.82, 2.24) is 0 Å². The van der Waals surface area contributed by atoms with Gasteiger partial charge >= 0.3 is 5.97 Å². The van der Waals surface area contributed by atoms with Crippen LogP contribution in [0.2, 0.25) is 0 Å². The van der Waals surface area contributed by atoms with Crippen LogP contribution < -0.4 is 0 Å². The van der Waals surface area contributed by atoms with Gasteiger partial charge in [0.25, 0.3) is 0 Å². The van der Waals surface area contributed by atoms with Crippen LogP contribution in [0, 0.1) is 10.1 Å². The highest BCUT2D eigenvalue weighted by molar-refractivity contribution is 5.90. The van der Waals surface area contributed by atoms with Crippen LogP contribution in [0.5, 0.6) is 0 Å². The molecule has 0 aromatic rings. The van der Waals surface area contributed by atoms with E-state index in [0.29, 0.717) is 0 Å². The molecule has 1 unspecified atom stereocenters. The van der Waals surface area contributed by atoms with E-state index in [4.69, 9.17) is 5.11 Å². The molecule has 2 N–H and O–H groups in total. The van der Waals surface area contributed by atoms with Crippen molar-refractivity contribution >= 4 is 5.97 Å². The summed E-state index contributed by atoms with van der Waals surface area (Å²) in [6.07, 6.45) is 2.48. The maximum absolute atomic E-state index is 10.6. The van der Waals surface area contributed by atoms with Crippen molar-refractivity contribution in [3.63, 3.8) is 0 Å². The van der Waals surface area contributed by atoms with E-state index in [1.54, 1.807) is 0 Å². The van der Waals surface area contributed by atoms with Crippen LogP contribution in [-0.2, 0) is 4.79 Å². The van der Waals surface area contributed by atoms with E-state index in [0.717, 1.165) is 0 Å². The number of carboxylic acid groups (broad SMARTS) is 1. The molecule has 76 valence electrons. The summed E-state index contributed by atoms with van der Waals surface area (Å²) in [7, 11) is 0. The average Bonchev–Trinajstić information content (AvgIpc) is 2.26. The van der Waals surface area contributed by atoms with Crippen molar-refractivity contribution in [2.45, 2.75) is 18.9 Å². The molecule has 0 amide bonds. The monoisotopic (exact) mass is 199 g/mol. The average molecular weight is 199 g/mol. The lowest BCUT2D eigenvalue weighted by atomic mass is 10.1. The van der Waals surface area contributed by atoms with Gasteiger partial charge in [-0.2, -0.15) is 0 Å². The van der Waals surface area contributed by atoms with Gasteiger partial charge in [0.05, 0.1) is 12.0 Å². The fourth-order valence-electron chi connectivity index (χ4n) is 1.21. The lowest BCUT2D eigenvalue weighted by Crippen LogP contribution is -2.19. The lowest BCUT2D eigenvalue weighted by Gasteiger charge is -2.04. The molecule has 0 saturated carbocycles. The second kappa shape index (κ2) is 3.91. The molecule has 0 spiro atoms. The molecule has 14 heavy (non-hydrogen) atoms. The van der Waals surface area contributed by atoms with Gasteiger partial charge in [-0.3, -0.25) is 10.1 Å². The first kappa shape index (κ1) is 10.2. The molecular formula is C8H9NO5. The summed E-state index contributed by atoms with van der Waals surface area (Å²) >= 11 is 0. The fraction of sp³-hybridized carbons (Fsp3) is 0.375. The number of aliphatic hydroxyl groups is 1. The first-order valence-electron chi connectivity index (χ1n) is 3.97. The second-order valence-corrected chi connectivity index (χ2v) is 2.95. The topological polar surface area (TPSA) is 101 Å². The maximum atomic E-state index is 10.6. The molecule has 1 aliphatic rings. The highest BCUT2D eigenvalue weighted by Crippen LogP contribution is 2.18. The summed E-state index contributed by atoms with van der Waals surface area (Å²) in [5.74, 6) is -1.71. The SMILES string of the molecule is O=C(O)C1=C(O)CC([N+](=O)[O-])CC=C1. The van der Waals surface area contributed by atoms with Gasteiger partial charge in [-0.15, -0.1) is 0 Å². The first-order chi connectivity index (χ1) is 6.52. The zero-order chi connectivity index (χ0) is 10.7. The molecule has 0 aliphatic heterocycles. The van der Waals surface area contributed by atoms with Crippen LogP contribution in [0.1, 0.15) is 12.8 Å². The molecule has 1 aliphatic carbocycles. The van der Waals surface area contributed by atoms with Crippen molar-refractivity contribution in [2.24, 2.45) is 0 Å². The van der Waals surface area contributed by atoms with Gasteiger partial charge in [0, 0.05) is 11.3 Å². The molecule has 0 bridgehead atoms. The summed E-state index contributed by atoms with van der Waals surface area (Å²) in [5, 5.41) is 28.3. The minimum atomic E-state index is -1.28. The molecule has 0 saturated heterocycles. The number of nitro groups is 1. The molecule has 0 aromatic carbocycles. The minimum Gasteiger partial charge on any atom is -0.511 e. The number of aliphatic carboxylic acids is 1. The zero-order valence-corrected chi connectivity index (χ0v) is 7.21. The fourth-order valence-corrected chi connectivity index (χ4v) is 1.21. The number of carbonyl (C=O) groups is 1. The Balaban J connectivity index is 2.94. The molecule has 0 aromatic heterocycles. The number of hydrogen-bond donors (Lipinski definition) is 2. The lowest BCUT2D eigenvalue weighted by molar-refractivity contribution is -0.521. The first-order valence-corrected chi connectivity index (χ1v) is 3.97. The zero-order valence-electron chi connectivity index (χ0n) is 7.21. The minimum absolute atomic E-state index is 0.133. The van der Waals surface area contributed by atoms with Crippen molar-refractivity contribution in [2.75, 3.05) is 0 Å². The Hall–Kier alpha value is -1.85. The normalized spacial score (nSPS) is 21.9. The molecule has 0 radical (unpaired) electrons. The standard InChI is InChI=1S/C8H9NO5/c10-7-4-5(9(13)14)2-1-3-6(7)8(11)12/h1,3,5,10H,2,4H2,(H,11,12). The number of carboxylic acids is 1. The molecule has 6 nitrogen and oxygen atoms in total. The van der Waals surface area contributed by atoms with E-state index < -0.39 is 22.7 Å². The molecule has 0 heterocycles. The summed E-state index contributed by atoms with van der Waals surface area (Å²) in [4.78, 5) is 20.5. The van der Waals surface area contributed by atoms with Crippen molar-refractivity contribution in [3.05, 3.63) is 33.6 Å². The van der Waals surface area contributed by atoms with Gasteiger partial charge in [0.15, 0.2) is 0 Å². The van der Waals surface area contributed by atoms with E-state index in [-0.39, 0.29) is 18.4 Å². The Morgan fingerprint density at radius 3 is 2.79 bits per heavy atom. The molecule has 0 fully saturated rings. The molecular weight excluding hydrogens is 190 g/mol. The van der Waals surface area contributed by atoms with Crippen LogP contribution in [0.4, 0.5) is 0 Å². The molecule has 6 heteroatoms. The molecule has 1 rings (SSSR count). The second-order valence-electron chi connectivity index (χ2n) is 2.95. The van der Waals surface area contributed by atoms with Crippen LogP contribution in [0.15, 0.2) is 23.5 Å². The van der Waals surface area contributed by atoms with Gasteiger partial charge in [-0.1, -0.05) is 6.08 Å². The quantitative estimate of drug-likeness (QED) is 0.507. The van der Waals surface area contributed by atoms with E-state index in [9.17, 15) is 20.0 Å². The number of rotatable bonds is 2. The summed E-state index contributed by atoms with van der Waals surface area (Å²) < 4.78 is 0. The van der Waals surface area contributed by atoms with Gasteiger partial charge in [-0.25, -0.2) is 4.79 Å². The Morgan fingerprint density at radius 1 is 1.64 bits per heavy atom. The molecule has 1 atom stereocenters. The highest BCUT2D eigenvalue weighted by atomic mass is 16.6. The van der Waals surface area contributed by atoms with Crippen LogP contribution in [0.25, 0.3) is 0 Å². The largest absolute Gasteiger partial charge is 0.511 e. The highest BCUT2D eigenvalue weighted by Gasteiger charge is 2.25. The van der Waals surface area contributed by atoms with Crippen LogP contribution >= 0.6 is 0 Å². The van der Waals surface area contributed by atoms with Gasteiger partial charge in [0.1, 0.15) is 5.76 Å². The third-order valence-corrected chi connectivity index (χ3v) is 1.96. The van der Waals surface area contributed by atoms with Crippen LogP contribution in [-0.4, -0.2) is 27.1 Å². The summed E-state index contributed by atoms with van der Waals surface area (Å²) in [5.41, 5.74) is -0.269. The number of aliphatic hydroxyl groups excluding tert-OH is 1. The van der Waals surface area contributed by atoms with E-state index >= 15 is 0 Å². The Labute approximate surface area is 79.3 Å². The van der Waals surface area contributed by atoms with Crippen molar-refractivity contribution < 1.29 is 19.9 Å². The Kier molecular flexibility index (Phi) is 2.85. The Bertz CT molecular complexity index is 331. The van der Waals surface area contributed by atoms with Gasteiger partial charge in [0.2, 0.25) is 6.04 Å². The number of hydrogen-bond acceptors (Lipinski definition) is 4. The smallest absolute Gasteiger partial charge is 0.339 e. The third-order valence-electron chi connectivity index (χ3n) is 1.96. The van der Waals surface area contributed by atoms with E-state index in [2.05, 4.69) is 0 Å². The van der Waals surface area contributed by atoms with Gasteiger partial charge < -0.3 is 10.2 Å². The van der Waals surface area contributed by atoms with E-state index in [1.807, 2.05) is 0 Å². The van der Waals surface area contributed by atoms with Gasteiger partial charge in [-0.05, 0) is 6.08 Å². The predicted molar refractivity (Wildman–Crippen MR) is 46.4 cm³/mol. The maximum Gasteiger partial charge on any atom is 0.339 e. The van der Waals surface area contributed by atoms with Crippen molar-refractivity contribution in [1.29, 1.82) is 0 Å². The summed E-state index contributed by atoms with van der Waals surface area (Å²) in [6, 6.07) is -0.942.